The molecule has 17 heteroatoms. The minimum absolute atomic E-state index is 0. The first-order valence-corrected chi connectivity index (χ1v) is 16.4. The fourth-order valence-corrected chi connectivity index (χ4v) is 6.37. The van der Waals surface area contributed by atoms with Gasteiger partial charge in [0.15, 0.2) is 0 Å². The standard InChI is InChI=1S/C32H31ClN8O4S2.2ClH/c1-32(31(43)44,41-28(42)25(37)10-12-34)11-13-45-22-8-4-18(5-9-22)26-23(14-35)27(38)40-30(24(26)15-36)47-17-21-16-46-29(39-21)19-2-6-20(33)7-3-19;;/h2-9,16,25H,10-13,17,34,37H2,1H3,(H2,38,40)(H,41,42)(H,43,44);2*1H/t25-,32+;;/m0../s1. The number of halogens is 3. The van der Waals surface area contributed by atoms with Crippen LogP contribution in [0.25, 0.3) is 21.7 Å². The van der Waals surface area contributed by atoms with Crippen molar-refractivity contribution in [3.63, 3.8) is 0 Å². The maximum absolute atomic E-state index is 12.3. The number of nitriles is 2. The molecular weight excluding hydrogens is 731 g/mol. The van der Waals surface area contributed by atoms with Crippen LogP contribution in [0.15, 0.2) is 58.9 Å². The maximum Gasteiger partial charge on any atom is 0.329 e. The Kier molecular flexibility index (Phi) is 15.6. The fraction of sp³-hybridized carbons (Fsp3) is 0.250. The maximum atomic E-state index is 12.3. The van der Waals surface area contributed by atoms with E-state index in [2.05, 4.69) is 27.4 Å². The van der Waals surface area contributed by atoms with Gasteiger partial charge < -0.3 is 32.4 Å². The summed E-state index contributed by atoms with van der Waals surface area (Å²) in [4.78, 5) is 33.3. The number of rotatable bonds is 14. The molecule has 0 bridgehead atoms. The van der Waals surface area contributed by atoms with Gasteiger partial charge in [-0.2, -0.15) is 10.5 Å². The number of hydrogen-bond acceptors (Lipinski definition) is 12. The summed E-state index contributed by atoms with van der Waals surface area (Å²) < 4.78 is 5.77. The molecule has 1 amide bonds. The largest absolute Gasteiger partial charge is 0.493 e. The van der Waals surface area contributed by atoms with Crippen LogP contribution in [0.5, 0.6) is 5.75 Å². The average molecular weight is 764 g/mol. The van der Waals surface area contributed by atoms with Crippen LogP contribution in [0.3, 0.4) is 0 Å². The van der Waals surface area contributed by atoms with Gasteiger partial charge in [-0.3, -0.25) is 4.79 Å². The van der Waals surface area contributed by atoms with Crippen LogP contribution in [-0.2, 0) is 15.3 Å². The molecule has 4 aromatic rings. The number of nitrogen functional groups attached to an aromatic ring is 1. The van der Waals surface area contributed by atoms with Crippen molar-refractivity contribution in [3.05, 3.63) is 75.8 Å². The van der Waals surface area contributed by atoms with Gasteiger partial charge in [0.25, 0.3) is 0 Å². The van der Waals surface area contributed by atoms with Crippen molar-refractivity contribution >= 4 is 77.2 Å². The van der Waals surface area contributed by atoms with Crippen LogP contribution in [0, 0.1) is 22.7 Å². The molecule has 0 unspecified atom stereocenters. The molecule has 2 aromatic carbocycles. The third-order valence-corrected chi connectivity index (χ3v) is 9.32. The molecule has 0 aliphatic carbocycles. The number of ether oxygens (including phenoxy) is 1. The van der Waals surface area contributed by atoms with E-state index in [1.165, 1.54) is 30.0 Å². The van der Waals surface area contributed by atoms with E-state index in [0.717, 1.165) is 16.3 Å². The summed E-state index contributed by atoms with van der Waals surface area (Å²) in [6.45, 7) is 1.52. The molecule has 258 valence electrons. The van der Waals surface area contributed by atoms with Gasteiger partial charge in [0, 0.05) is 33.7 Å². The Morgan fingerprint density at radius 3 is 2.31 bits per heavy atom. The zero-order chi connectivity index (χ0) is 34.1. The van der Waals surface area contributed by atoms with Crippen molar-refractivity contribution in [1.29, 1.82) is 10.5 Å². The molecule has 4 rings (SSSR count). The van der Waals surface area contributed by atoms with Gasteiger partial charge in [-0.1, -0.05) is 47.6 Å². The number of hydrogen-bond donors (Lipinski definition) is 5. The van der Waals surface area contributed by atoms with Crippen molar-refractivity contribution in [2.45, 2.75) is 42.1 Å². The first-order chi connectivity index (χ1) is 22.5. The first-order valence-electron chi connectivity index (χ1n) is 14.2. The highest BCUT2D eigenvalue weighted by atomic mass is 35.5. The van der Waals surface area contributed by atoms with Crippen LogP contribution in [-0.4, -0.2) is 51.7 Å². The molecule has 49 heavy (non-hydrogen) atoms. The highest BCUT2D eigenvalue weighted by molar-refractivity contribution is 7.98. The van der Waals surface area contributed by atoms with Crippen molar-refractivity contribution < 1.29 is 19.4 Å². The lowest BCUT2D eigenvalue weighted by atomic mass is 9.96. The van der Waals surface area contributed by atoms with Crippen molar-refractivity contribution in [3.8, 4) is 39.6 Å². The summed E-state index contributed by atoms with van der Waals surface area (Å²) in [6.07, 6.45) is 0.163. The third-order valence-electron chi connectivity index (χ3n) is 7.11. The molecular formula is C32H33Cl3N8O4S2. The average Bonchev–Trinajstić information content (AvgIpc) is 3.53. The van der Waals surface area contributed by atoms with Crippen LogP contribution in [0.2, 0.25) is 5.02 Å². The molecule has 8 N–H and O–H groups in total. The number of aliphatic carboxylic acids is 1. The summed E-state index contributed by atoms with van der Waals surface area (Å²) in [5.41, 5.74) is 18.7. The molecule has 0 fully saturated rings. The van der Waals surface area contributed by atoms with Crippen molar-refractivity contribution in [2.24, 2.45) is 11.5 Å². The van der Waals surface area contributed by atoms with Crippen molar-refractivity contribution in [2.75, 3.05) is 18.9 Å². The third kappa shape index (κ3) is 10.2. The van der Waals surface area contributed by atoms with Crippen LogP contribution >= 0.6 is 59.5 Å². The molecule has 2 heterocycles. The number of pyridine rings is 1. The number of nitrogens with one attached hydrogen (secondary N) is 1. The zero-order valence-corrected chi connectivity index (χ0v) is 30.0. The molecule has 0 spiro atoms. The molecule has 12 nitrogen and oxygen atoms in total. The van der Waals surface area contributed by atoms with Crippen LogP contribution < -0.4 is 27.3 Å². The summed E-state index contributed by atoms with van der Waals surface area (Å²) >= 11 is 8.77. The highest BCUT2D eigenvalue weighted by Crippen LogP contribution is 2.37. The molecule has 0 radical (unpaired) electrons. The van der Waals surface area contributed by atoms with Gasteiger partial charge >= 0.3 is 5.97 Å². The van der Waals surface area contributed by atoms with Crippen LogP contribution in [0.4, 0.5) is 5.82 Å². The second-order valence-electron chi connectivity index (χ2n) is 10.5. The first kappa shape index (κ1) is 41.1. The predicted octanol–water partition coefficient (Wildman–Crippen LogP) is 5.39. The molecule has 0 aliphatic heterocycles. The summed E-state index contributed by atoms with van der Waals surface area (Å²) in [6, 6.07) is 17.3. The molecule has 0 saturated heterocycles. The van der Waals surface area contributed by atoms with E-state index in [-0.39, 0.29) is 67.8 Å². The number of thioether (sulfide) groups is 1. The van der Waals surface area contributed by atoms with E-state index in [1.54, 1.807) is 36.4 Å². The Morgan fingerprint density at radius 1 is 1.08 bits per heavy atom. The Morgan fingerprint density at radius 2 is 1.71 bits per heavy atom. The minimum atomic E-state index is -1.62. The number of aromatic nitrogens is 2. The van der Waals surface area contributed by atoms with E-state index in [9.17, 15) is 25.2 Å². The van der Waals surface area contributed by atoms with E-state index in [0.29, 0.717) is 32.7 Å². The smallest absolute Gasteiger partial charge is 0.329 e. The Balaban J connectivity index is 0.00000417. The number of thiazole rings is 1. The van der Waals surface area contributed by atoms with Gasteiger partial charge in [-0.25, -0.2) is 14.8 Å². The van der Waals surface area contributed by atoms with Crippen molar-refractivity contribution in [1.82, 2.24) is 15.3 Å². The molecule has 0 aliphatic rings. The summed E-state index contributed by atoms with van der Waals surface area (Å²) in [7, 11) is 0. The second-order valence-corrected chi connectivity index (χ2v) is 12.8. The lowest BCUT2D eigenvalue weighted by Gasteiger charge is -2.27. The summed E-state index contributed by atoms with van der Waals surface area (Å²) in [5.74, 6) is -1.04. The van der Waals surface area contributed by atoms with Gasteiger partial charge in [-0.05, 0) is 49.7 Å². The van der Waals surface area contributed by atoms with Gasteiger partial charge in [0.2, 0.25) is 5.91 Å². The Labute approximate surface area is 308 Å². The Bertz CT molecular complexity index is 1850. The number of nitrogens with zero attached hydrogens (tertiary/aromatic N) is 4. The molecule has 0 saturated carbocycles. The number of benzene rings is 2. The van der Waals surface area contributed by atoms with E-state index >= 15 is 0 Å². The lowest BCUT2D eigenvalue weighted by molar-refractivity contribution is -0.147. The molecule has 2 aromatic heterocycles. The van der Waals surface area contributed by atoms with E-state index in [4.69, 9.17) is 33.5 Å². The van der Waals surface area contributed by atoms with Gasteiger partial charge in [0.05, 0.1) is 23.9 Å². The Hall–Kier alpha value is -4.12. The molecule has 2 atom stereocenters. The number of carbonyl (C=O) groups is 2. The van der Waals surface area contributed by atoms with E-state index < -0.39 is 23.5 Å². The van der Waals surface area contributed by atoms with E-state index in [1.807, 2.05) is 17.5 Å². The van der Waals surface area contributed by atoms with Gasteiger partial charge in [-0.15, -0.1) is 36.2 Å². The highest BCUT2D eigenvalue weighted by Gasteiger charge is 2.36. The van der Waals surface area contributed by atoms with Crippen LogP contribution in [0.1, 0.15) is 36.6 Å². The second kappa shape index (κ2) is 18.6. The zero-order valence-electron chi connectivity index (χ0n) is 26.0. The normalized spacial score (nSPS) is 12.2. The monoisotopic (exact) mass is 762 g/mol. The number of carboxylic acids is 1. The minimum Gasteiger partial charge on any atom is -0.493 e. The summed E-state index contributed by atoms with van der Waals surface area (Å²) in [5, 5.41) is 36.1. The van der Waals surface area contributed by atoms with Gasteiger partial charge in [0.1, 0.15) is 44.8 Å². The number of anilines is 1. The predicted molar refractivity (Wildman–Crippen MR) is 196 cm³/mol. The fourth-order valence-electron chi connectivity index (χ4n) is 4.42. The number of amides is 1. The quantitative estimate of drug-likeness (QED) is 0.102. The number of nitrogens with two attached hydrogens (primary N) is 3. The number of carbonyl (C=O) groups excluding carboxylic acids is 1. The number of carboxylic acid groups (broad SMARTS) is 1. The lowest BCUT2D eigenvalue weighted by Crippen LogP contribution is -2.57. The SMILES string of the molecule is C[C@](CCOc1ccc(-c2c(C#N)c(N)nc(SCc3csc(-c4ccc(Cl)cc4)n3)c2C#N)cc1)(NC(=O)[C@@H](N)CCN)C(=O)O.Cl.Cl. The topological polar surface area (TPSA) is 227 Å².